The van der Waals surface area contributed by atoms with E-state index in [1.54, 1.807) is 0 Å². The third-order valence-corrected chi connectivity index (χ3v) is 4.25. The molecule has 1 saturated heterocycles. The lowest BCUT2D eigenvalue weighted by atomic mass is 9.99. The van der Waals surface area contributed by atoms with E-state index in [2.05, 4.69) is 19.1 Å². The highest BCUT2D eigenvalue weighted by atomic mass is 32.2. The summed E-state index contributed by atoms with van der Waals surface area (Å²) in [4.78, 5) is 13.9. The number of carbonyl (C=O) groups is 1. The molecule has 0 saturated carbocycles. The summed E-state index contributed by atoms with van der Waals surface area (Å²) in [6.45, 7) is 2.96. The Bertz CT molecular complexity index is 416. The molecule has 0 aromatic heterocycles. The van der Waals surface area contributed by atoms with E-state index in [4.69, 9.17) is 5.73 Å². The van der Waals surface area contributed by atoms with Gasteiger partial charge in [-0.1, -0.05) is 24.3 Å². The van der Waals surface area contributed by atoms with Gasteiger partial charge in [-0.3, -0.25) is 4.79 Å². The Morgan fingerprint density at radius 3 is 2.94 bits per heavy atom. The zero-order valence-electron chi connectivity index (χ0n) is 10.8. The van der Waals surface area contributed by atoms with Gasteiger partial charge in [0.2, 0.25) is 5.91 Å². The van der Waals surface area contributed by atoms with Crippen LogP contribution in [0.15, 0.2) is 24.3 Å². The second-order valence-electron chi connectivity index (χ2n) is 4.79. The molecule has 1 aliphatic rings. The number of nitrogens with two attached hydrogens (primary N) is 1. The van der Waals surface area contributed by atoms with E-state index in [0.29, 0.717) is 6.42 Å². The Labute approximate surface area is 113 Å². The molecule has 1 aromatic carbocycles. The second kappa shape index (κ2) is 6.25. The Kier molecular flexibility index (Phi) is 4.66. The minimum absolute atomic E-state index is 0.0794. The van der Waals surface area contributed by atoms with E-state index >= 15 is 0 Å². The molecule has 0 aliphatic carbocycles. The van der Waals surface area contributed by atoms with Crippen LogP contribution in [0.4, 0.5) is 0 Å². The number of rotatable bonds is 4. The number of nitrogens with zero attached hydrogens (tertiary/aromatic N) is 1. The fraction of sp³-hybridized carbons (Fsp3) is 0.500. The summed E-state index contributed by atoms with van der Waals surface area (Å²) in [7, 11) is 0. The number of hydrogen-bond donors (Lipinski definition) is 1. The molecular formula is C14H20N2OS. The van der Waals surface area contributed by atoms with E-state index in [9.17, 15) is 4.79 Å². The number of benzene rings is 1. The molecule has 1 amide bonds. The summed E-state index contributed by atoms with van der Waals surface area (Å²) in [5.41, 5.74) is 8.58. The quantitative estimate of drug-likeness (QED) is 0.902. The molecule has 3 nitrogen and oxygen atoms in total. The highest BCUT2D eigenvalue weighted by molar-refractivity contribution is 7.99. The predicted octanol–water partition coefficient (Wildman–Crippen LogP) is 1.79. The minimum atomic E-state index is -0.0794. The van der Waals surface area contributed by atoms with E-state index in [1.165, 1.54) is 11.1 Å². The molecule has 18 heavy (non-hydrogen) atoms. The Morgan fingerprint density at radius 2 is 2.28 bits per heavy atom. The molecule has 0 bridgehead atoms. The zero-order chi connectivity index (χ0) is 13.0. The molecule has 1 aliphatic heterocycles. The Morgan fingerprint density at radius 1 is 1.50 bits per heavy atom. The van der Waals surface area contributed by atoms with Crippen LogP contribution in [0, 0.1) is 6.92 Å². The maximum atomic E-state index is 12.0. The van der Waals surface area contributed by atoms with Crippen LogP contribution < -0.4 is 5.73 Å². The summed E-state index contributed by atoms with van der Waals surface area (Å²) in [5.74, 6) is 2.08. The zero-order valence-corrected chi connectivity index (χ0v) is 11.6. The fourth-order valence-electron chi connectivity index (χ4n) is 2.16. The van der Waals surface area contributed by atoms with Crippen LogP contribution in [0.5, 0.6) is 0 Å². The summed E-state index contributed by atoms with van der Waals surface area (Å²) in [6.07, 6.45) is 1.23. The third kappa shape index (κ3) is 3.50. The van der Waals surface area contributed by atoms with Crippen molar-refractivity contribution < 1.29 is 4.79 Å². The number of amides is 1. The van der Waals surface area contributed by atoms with Crippen molar-refractivity contribution in [1.29, 1.82) is 0 Å². The van der Waals surface area contributed by atoms with Gasteiger partial charge >= 0.3 is 0 Å². The van der Waals surface area contributed by atoms with Gasteiger partial charge in [0.15, 0.2) is 0 Å². The molecule has 1 fully saturated rings. The van der Waals surface area contributed by atoms with E-state index in [-0.39, 0.29) is 11.9 Å². The lowest BCUT2D eigenvalue weighted by molar-refractivity contribution is -0.130. The molecule has 2 N–H and O–H groups in total. The Balaban J connectivity index is 1.86. The first kappa shape index (κ1) is 13.4. The molecular weight excluding hydrogens is 244 g/mol. The van der Waals surface area contributed by atoms with Crippen LogP contribution >= 0.6 is 11.8 Å². The van der Waals surface area contributed by atoms with Crippen LogP contribution in [0.25, 0.3) is 0 Å². The maximum Gasteiger partial charge on any atom is 0.224 e. The van der Waals surface area contributed by atoms with Crippen molar-refractivity contribution in [3.8, 4) is 0 Å². The average molecular weight is 264 g/mol. The van der Waals surface area contributed by atoms with Gasteiger partial charge in [0.25, 0.3) is 0 Å². The maximum absolute atomic E-state index is 12.0. The lowest BCUT2D eigenvalue weighted by Crippen LogP contribution is -2.35. The van der Waals surface area contributed by atoms with Crippen molar-refractivity contribution in [1.82, 2.24) is 4.90 Å². The molecule has 1 heterocycles. The Hall–Kier alpha value is -1.00. The molecule has 4 heteroatoms. The highest BCUT2D eigenvalue weighted by Crippen LogP contribution is 2.16. The van der Waals surface area contributed by atoms with Crippen molar-refractivity contribution in [2.24, 2.45) is 5.73 Å². The van der Waals surface area contributed by atoms with Gasteiger partial charge in [0, 0.05) is 24.8 Å². The predicted molar refractivity (Wildman–Crippen MR) is 76.5 cm³/mol. The smallest absolute Gasteiger partial charge is 0.224 e. The van der Waals surface area contributed by atoms with Crippen LogP contribution in [-0.2, 0) is 11.2 Å². The second-order valence-corrected chi connectivity index (χ2v) is 5.86. The first-order valence-electron chi connectivity index (χ1n) is 6.32. The first-order chi connectivity index (χ1) is 8.66. The van der Waals surface area contributed by atoms with Crippen LogP contribution in [0.1, 0.15) is 17.5 Å². The van der Waals surface area contributed by atoms with Crippen molar-refractivity contribution >= 4 is 17.7 Å². The summed E-state index contributed by atoms with van der Waals surface area (Å²) in [5, 5.41) is 0. The summed E-state index contributed by atoms with van der Waals surface area (Å²) >= 11 is 1.81. The van der Waals surface area contributed by atoms with Gasteiger partial charge < -0.3 is 10.6 Å². The summed E-state index contributed by atoms with van der Waals surface area (Å²) < 4.78 is 0. The number of carbonyl (C=O) groups excluding carboxylic acids is 1. The molecule has 1 atom stereocenters. The molecule has 1 aromatic rings. The van der Waals surface area contributed by atoms with E-state index < -0.39 is 0 Å². The largest absolute Gasteiger partial charge is 0.333 e. The SMILES string of the molecule is Cc1ccccc1C[C@@H](N)CC(=O)N1CCSC1. The highest BCUT2D eigenvalue weighted by Gasteiger charge is 2.20. The third-order valence-electron chi connectivity index (χ3n) is 3.29. The standard InChI is InChI=1S/C14H20N2OS/c1-11-4-2-3-5-12(11)8-13(15)9-14(17)16-6-7-18-10-16/h2-5,13H,6-10,15H2,1H3/t13-/m1/s1. The fourth-order valence-corrected chi connectivity index (χ4v) is 3.13. The monoisotopic (exact) mass is 264 g/mol. The minimum Gasteiger partial charge on any atom is -0.333 e. The molecule has 2 rings (SSSR count). The van der Waals surface area contributed by atoms with Crippen molar-refractivity contribution in [3.05, 3.63) is 35.4 Å². The van der Waals surface area contributed by atoms with Crippen LogP contribution in [0.2, 0.25) is 0 Å². The van der Waals surface area contributed by atoms with Crippen molar-refractivity contribution in [3.63, 3.8) is 0 Å². The van der Waals surface area contributed by atoms with E-state index in [0.717, 1.165) is 24.6 Å². The topological polar surface area (TPSA) is 46.3 Å². The molecule has 98 valence electrons. The van der Waals surface area contributed by atoms with Gasteiger partial charge in [-0.05, 0) is 24.5 Å². The molecule has 0 spiro atoms. The van der Waals surface area contributed by atoms with Crippen molar-refractivity contribution in [2.75, 3.05) is 18.2 Å². The van der Waals surface area contributed by atoms with Gasteiger partial charge in [-0.25, -0.2) is 0 Å². The van der Waals surface area contributed by atoms with Gasteiger partial charge in [-0.15, -0.1) is 11.8 Å². The number of hydrogen-bond acceptors (Lipinski definition) is 3. The lowest BCUT2D eigenvalue weighted by Gasteiger charge is -2.18. The van der Waals surface area contributed by atoms with Gasteiger partial charge in [0.1, 0.15) is 0 Å². The van der Waals surface area contributed by atoms with Gasteiger partial charge in [0.05, 0.1) is 5.88 Å². The van der Waals surface area contributed by atoms with Crippen LogP contribution in [0.3, 0.4) is 0 Å². The summed E-state index contributed by atoms with van der Waals surface area (Å²) in [6, 6.07) is 8.14. The normalized spacial score (nSPS) is 16.9. The van der Waals surface area contributed by atoms with Crippen molar-refractivity contribution in [2.45, 2.75) is 25.8 Å². The molecule has 0 unspecified atom stereocenters. The van der Waals surface area contributed by atoms with Crippen LogP contribution in [-0.4, -0.2) is 35.0 Å². The number of thioether (sulfide) groups is 1. The molecule has 0 radical (unpaired) electrons. The average Bonchev–Trinajstić information content (AvgIpc) is 2.85. The number of aryl methyl sites for hydroxylation is 1. The van der Waals surface area contributed by atoms with E-state index in [1.807, 2.05) is 28.8 Å². The first-order valence-corrected chi connectivity index (χ1v) is 7.48. The van der Waals surface area contributed by atoms with Gasteiger partial charge in [-0.2, -0.15) is 0 Å².